The molecule has 1 aliphatic rings. The third-order valence-electron chi connectivity index (χ3n) is 5.90. The van der Waals surface area contributed by atoms with Crippen LogP contribution >= 0.6 is 15.9 Å². The standard InChI is InChI=1S/C23H27BrN4O3/c1-3-31-19-11-10-16(18(29)13-24)12-17(19)21-26-23(30)20-14(2)25-22(28(20)27-21)15-8-6-4-5-7-9-15/h10-12,15H,3-9,13H2,1-2H3,(H,26,27,30). The van der Waals surface area contributed by atoms with Crippen molar-refractivity contribution in [1.82, 2.24) is 19.6 Å². The molecule has 2 heterocycles. The monoisotopic (exact) mass is 486 g/mol. The Morgan fingerprint density at radius 3 is 2.68 bits per heavy atom. The zero-order chi connectivity index (χ0) is 22.0. The maximum absolute atomic E-state index is 13.0. The molecule has 2 aromatic heterocycles. The topological polar surface area (TPSA) is 89.3 Å². The van der Waals surface area contributed by atoms with Crippen LogP contribution < -0.4 is 10.3 Å². The van der Waals surface area contributed by atoms with Gasteiger partial charge in [-0.25, -0.2) is 9.50 Å². The van der Waals surface area contributed by atoms with Crippen molar-refractivity contribution in [3.8, 4) is 17.1 Å². The summed E-state index contributed by atoms with van der Waals surface area (Å²) in [5.74, 6) is 2.04. The predicted molar refractivity (Wildman–Crippen MR) is 124 cm³/mol. The molecule has 7 nitrogen and oxygen atoms in total. The second-order valence-corrected chi connectivity index (χ2v) is 8.57. The zero-order valence-corrected chi connectivity index (χ0v) is 19.5. The van der Waals surface area contributed by atoms with E-state index >= 15 is 0 Å². The van der Waals surface area contributed by atoms with Crippen molar-refractivity contribution >= 4 is 27.2 Å². The Bertz CT molecular complexity index is 1160. The molecule has 0 saturated heterocycles. The maximum atomic E-state index is 13.0. The maximum Gasteiger partial charge on any atom is 0.277 e. The van der Waals surface area contributed by atoms with Crippen molar-refractivity contribution in [2.24, 2.45) is 0 Å². The first-order valence-corrected chi connectivity index (χ1v) is 12.0. The number of ether oxygens (including phenoxy) is 1. The van der Waals surface area contributed by atoms with Gasteiger partial charge in [-0.05, 0) is 44.9 Å². The van der Waals surface area contributed by atoms with Crippen molar-refractivity contribution in [3.05, 3.63) is 45.6 Å². The number of halogens is 1. The van der Waals surface area contributed by atoms with Crippen molar-refractivity contribution < 1.29 is 9.53 Å². The van der Waals surface area contributed by atoms with Crippen LogP contribution in [0.25, 0.3) is 16.9 Å². The largest absolute Gasteiger partial charge is 0.493 e. The van der Waals surface area contributed by atoms with Gasteiger partial charge < -0.3 is 9.72 Å². The third-order valence-corrected chi connectivity index (χ3v) is 6.41. The quantitative estimate of drug-likeness (QED) is 0.306. The molecule has 1 aromatic carbocycles. The molecule has 0 radical (unpaired) electrons. The van der Waals surface area contributed by atoms with E-state index in [4.69, 9.17) is 14.8 Å². The van der Waals surface area contributed by atoms with Gasteiger partial charge in [0.1, 0.15) is 11.6 Å². The summed E-state index contributed by atoms with van der Waals surface area (Å²) in [5.41, 5.74) is 2.05. The number of ketones is 1. The van der Waals surface area contributed by atoms with Crippen molar-refractivity contribution in [3.63, 3.8) is 0 Å². The number of carbonyl (C=O) groups excluding carboxylic acids is 1. The Labute approximate surface area is 189 Å². The first-order valence-electron chi connectivity index (χ1n) is 10.9. The minimum atomic E-state index is -0.241. The van der Waals surface area contributed by atoms with Crippen LogP contribution in [-0.4, -0.2) is 37.3 Å². The lowest BCUT2D eigenvalue weighted by molar-refractivity contribution is 0.102. The minimum absolute atomic E-state index is 0.0506. The Kier molecular flexibility index (Phi) is 6.55. The van der Waals surface area contributed by atoms with Crippen LogP contribution in [0.2, 0.25) is 0 Å². The fraction of sp³-hybridized carbons (Fsp3) is 0.478. The summed E-state index contributed by atoms with van der Waals surface area (Å²) in [4.78, 5) is 32.9. The first kappa shape index (κ1) is 21.7. The number of nitrogens with zero attached hydrogens (tertiary/aromatic N) is 3. The number of aryl methyl sites for hydroxylation is 1. The number of aromatic amines is 1. The molecule has 4 rings (SSSR count). The molecule has 1 fully saturated rings. The molecule has 0 spiro atoms. The fourth-order valence-electron chi connectivity index (χ4n) is 4.36. The van der Waals surface area contributed by atoms with Crippen LogP contribution in [-0.2, 0) is 0 Å². The number of H-pyrrole nitrogens is 1. The number of aromatic nitrogens is 4. The van der Waals surface area contributed by atoms with E-state index in [9.17, 15) is 9.59 Å². The van der Waals surface area contributed by atoms with Gasteiger partial charge in [0.15, 0.2) is 17.1 Å². The summed E-state index contributed by atoms with van der Waals surface area (Å²) < 4.78 is 7.49. The normalized spacial score (nSPS) is 15.2. The van der Waals surface area contributed by atoms with E-state index in [1.807, 2.05) is 13.8 Å². The lowest BCUT2D eigenvalue weighted by Crippen LogP contribution is -2.17. The van der Waals surface area contributed by atoms with Crippen LogP contribution in [0.15, 0.2) is 23.0 Å². The van der Waals surface area contributed by atoms with Crippen LogP contribution in [0.3, 0.4) is 0 Å². The molecule has 3 aromatic rings. The molecule has 0 amide bonds. The smallest absolute Gasteiger partial charge is 0.277 e. The summed E-state index contributed by atoms with van der Waals surface area (Å²) in [7, 11) is 0. The lowest BCUT2D eigenvalue weighted by atomic mass is 10.00. The zero-order valence-electron chi connectivity index (χ0n) is 17.9. The average Bonchev–Trinajstić information content (AvgIpc) is 2.94. The number of Topliss-reactive ketones (excluding diaryl/α,β-unsaturated/α-hetero) is 1. The molecule has 1 aliphatic carbocycles. The van der Waals surface area contributed by atoms with Gasteiger partial charge in [0, 0.05) is 11.5 Å². The van der Waals surface area contributed by atoms with Crippen molar-refractivity contribution in [2.45, 2.75) is 58.3 Å². The average molecular weight is 487 g/mol. The molecule has 0 atom stereocenters. The predicted octanol–water partition coefficient (Wildman–Crippen LogP) is 4.81. The number of hydrogen-bond acceptors (Lipinski definition) is 5. The summed E-state index contributed by atoms with van der Waals surface area (Å²) >= 11 is 3.22. The number of benzene rings is 1. The van der Waals surface area contributed by atoms with Crippen LogP contribution in [0.5, 0.6) is 5.75 Å². The number of alkyl halides is 1. The molecule has 0 aliphatic heterocycles. The summed E-state index contributed by atoms with van der Waals surface area (Å²) in [6.07, 6.45) is 6.93. The highest BCUT2D eigenvalue weighted by Crippen LogP contribution is 2.33. The van der Waals surface area contributed by atoms with E-state index in [-0.39, 0.29) is 16.7 Å². The second kappa shape index (κ2) is 9.34. The van der Waals surface area contributed by atoms with Crippen molar-refractivity contribution in [1.29, 1.82) is 0 Å². The van der Waals surface area contributed by atoms with Gasteiger partial charge in [0.25, 0.3) is 5.56 Å². The summed E-state index contributed by atoms with van der Waals surface area (Å²) in [6, 6.07) is 5.21. The number of fused-ring (bicyclic) bond motifs is 1. The van der Waals surface area contributed by atoms with Gasteiger partial charge in [-0.2, -0.15) is 0 Å². The van der Waals surface area contributed by atoms with Crippen LogP contribution in [0, 0.1) is 6.92 Å². The molecule has 0 unspecified atom stereocenters. The van der Waals surface area contributed by atoms with Crippen LogP contribution in [0.4, 0.5) is 0 Å². The highest BCUT2D eigenvalue weighted by atomic mass is 79.9. The molecule has 1 N–H and O–H groups in total. The van der Waals surface area contributed by atoms with Gasteiger partial charge in [0.05, 0.1) is 23.2 Å². The number of hydrogen-bond donors (Lipinski definition) is 1. The van der Waals surface area contributed by atoms with Gasteiger partial charge >= 0.3 is 0 Å². The van der Waals surface area contributed by atoms with E-state index in [1.165, 1.54) is 25.7 Å². The molecule has 164 valence electrons. The molecule has 1 saturated carbocycles. The molecule has 31 heavy (non-hydrogen) atoms. The van der Waals surface area contributed by atoms with E-state index in [2.05, 4.69) is 20.9 Å². The number of carbonyl (C=O) groups is 1. The van der Waals surface area contributed by atoms with Gasteiger partial charge in [-0.15, -0.1) is 5.10 Å². The van der Waals surface area contributed by atoms with E-state index in [0.29, 0.717) is 46.4 Å². The molecule has 0 bridgehead atoms. The molecular formula is C23H27BrN4O3. The number of nitrogens with one attached hydrogen (secondary N) is 1. The Balaban J connectivity index is 1.90. The highest BCUT2D eigenvalue weighted by Gasteiger charge is 2.24. The van der Waals surface area contributed by atoms with E-state index in [0.717, 1.165) is 18.7 Å². The Hall–Kier alpha value is -2.48. The lowest BCUT2D eigenvalue weighted by Gasteiger charge is -2.14. The SMILES string of the molecule is CCOc1ccc(C(=O)CBr)cc1-c1nn2c(C3CCCCCC3)nc(C)c2c(=O)[nH]1. The number of imidazole rings is 1. The number of rotatable bonds is 6. The van der Waals surface area contributed by atoms with E-state index in [1.54, 1.807) is 22.7 Å². The van der Waals surface area contributed by atoms with Gasteiger partial charge in [0.2, 0.25) is 0 Å². The Morgan fingerprint density at radius 1 is 1.26 bits per heavy atom. The first-order chi connectivity index (χ1) is 15.0. The van der Waals surface area contributed by atoms with Gasteiger partial charge in [-0.3, -0.25) is 9.59 Å². The summed E-state index contributed by atoms with van der Waals surface area (Å²) in [6.45, 7) is 4.21. The minimum Gasteiger partial charge on any atom is -0.493 e. The molecular weight excluding hydrogens is 460 g/mol. The van der Waals surface area contributed by atoms with Crippen LogP contribution in [0.1, 0.15) is 73.2 Å². The van der Waals surface area contributed by atoms with Crippen molar-refractivity contribution in [2.75, 3.05) is 11.9 Å². The van der Waals surface area contributed by atoms with Gasteiger partial charge in [-0.1, -0.05) is 41.6 Å². The second-order valence-electron chi connectivity index (χ2n) is 8.01. The fourth-order valence-corrected chi connectivity index (χ4v) is 4.69. The summed E-state index contributed by atoms with van der Waals surface area (Å²) in [5, 5.41) is 5.02. The Morgan fingerprint density at radius 2 is 2.00 bits per heavy atom. The third kappa shape index (κ3) is 4.31. The van der Waals surface area contributed by atoms with E-state index < -0.39 is 0 Å². The highest BCUT2D eigenvalue weighted by molar-refractivity contribution is 9.09. The molecule has 8 heteroatoms.